The molecule has 0 spiro atoms. The van der Waals surface area contributed by atoms with Gasteiger partial charge in [-0.25, -0.2) is 9.59 Å². The number of rotatable bonds is 7. The summed E-state index contributed by atoms with van der Waals surface area (Å²) >= 11 is 6.18. The van der Waals surface area contributed by atoms with E-state index in [1.807, 2.05) is 23.5 Å². The van der Waals surface area contributed by atoms with Gasteiger partial charge in [-0.3, -0.25) is 14.8 Å². The molecule has 0 saturated carbocycles. The van der Waals surface area contributed by atoms with Gasteiger partial charge in [0.1, 0.15) is 5.56 Å². The Hall–Kier alpha value is -3.13. The fourth-order valence-corrected chi connectivity index (χ4v) is 2.70. The van der Waals surface area contributed by atoms with Crippen LogP contribution in [0.4, 0.5) is 4.79 Å². The van der Waals surface area contributed by atoms with E-state index in [0.717, 1.165) is 5.56 Å². The smallest absolute Gasteiger partial charge is 0.342 e. The van der Waals surface area contributed by atoms with Gasteiger partial charge >= 0.3 is 12.0 Å². The summed E-state index contributed by atoms with van der Waals surface area (Å²) in [5, 5.41) is 9.39. The van der Waals surface area contributed by atoms with E-state index < -0.39 is 24.5 Å². The average molecular weight is 405 g/mol. The number of carbonyl (C=O) groups excluding carboxylic acids is 3. The lowest BCUT2D eigenvalue weighted by Gasteiger charge is -2.08. The van der Waals surface area contributed by atoms with Crippen LogP contribution in [0, 0.1) is 13.8 Å². The normalized spacial score (nSPS) is 10.2. The molecule has 3 amide bonds. The third kappa shape index (κ3) is 5.43. The zero-order chi connectivity index (χ0) is 20.7. The van der Waals surface area contributed by atoms with E-state index in [4.69, 9.17) is 16.3 Å². The first-order valence-electron chi connectivity index (χ1n) is 8.46. The van der Waals surface area contributed by atoms with Gasteiger partial charge in [0.2, 0.25) is 0 Å². The number of hydrogen-bond donors (Lipinski definition) is 2. The van der Waals surface area contributed by atoms with Gasteiger partial charge in [0, 0.05) is 11.6 Å². The lowest BCUT2D eigenvalue weighted by Crippen LogP contribution is -2.41. The standard InChI is InChI=1S/C19H21ClN4O4/c1-4-9-21-19(27)22-16(25)11-28-18(26)17-12(2)23-24(13(17)3)10-14-7-5-6-8-15(14)20/h4-8H,1,9-11H2,2-3H3,(H2,21,22,25,27). The SMILES string of the molecule is C=CCNC(=O)NC(=O)COC(=O)c1c(C)nn(Cc2ccccc2Cl)c1C. The van der Waals surface area contributed by atoms with Crippen LogP contribution in [0.25, 0.3) is 0 Å². The molecule has 2 N–H and O–H groups in total. The zero-order valence-corrected chi connectivity index (χ0v) is 16.4. The highest BCUT2D eigenvalue weighted by molar-refractivity contribution is 6.31. The summed E-state index contributed by atoms with van der Waals surface area (Å²) in [5.41, 5.74) is 2.20. The highest BCUT2D eigenvalue weighted by atomic mass is 35.5. The van der Waals surface area contributed by atoms with Crippen LogP contribution in [0.3, 0.4) is 0 Å². The molecule has 1 aromatic carbocycles. The van der Waals surface area contributed by atoms with Gasteiger partial charge in [-0.05, 0) is 25.5 Å². The van der Waals surface area contributed by atoms with E-state index in [9.17, 15) is 14.4 Å². The Morgan fingerprint density at radius 2 is 2.00 bits per heavy atom. The Bertz CT molecular complexity index is 907. The number of esters is 1. The summed E-state index contributed by atoms with van der Waals surface area (Å²) < 4.78 is 6.66. The molecule has 2 rings (SSSR count). The minimum atomic E-state index is -0.742. The maximum Gasteiger partial charge on any atom is 0.342 e. The number of nitrogens with zero attached hydrogens (tertiary/aromatic N) is 2. The summed E-state index contributed by atoms with van der Waals surface area (Å²) in [5.74, 6) is -1.43. The molecule has 0 aliphatic heterocycles. The number of ether oxygens (including phenoxy) is 1. The first-order valence-corrected chi connectivity index (χ1v) is 8.84. The van der Waals surface area contributed by atoms with Crippen molar-refractivity contribution in [2.24, 2.45) is 0 Å². The molecular weight excluding hydrogens is 384 g/mol. The molecule has 2 aromatic rings. The van der Waals surface area contributed by atoms with Gasteiger partial charge in [-0.15, -0.1) is 6.58 Å². The summed E-state index contributed by atoms with van der Waals surface area (Å²) in [7, 11) is 0. The van der Waals surface area contributed by atoms with Crippen LogP contribution in [-0.4, -0.2) is 40.8 Å². The maximum absolute atomic E-state index is 12.4. The molecule has 0 aliphatic rings. The minimum Gasteiger partial charge on any atom is -0.452 e. The van der Waals surface area contributed by atoms with Crippen molar-refractivity contribution in [1.29, 1.82) is 0 Å². The molecule has 0 bridgehead atoms. The number of aromatic nitrogens is 2. The molecule has 0 atom stereocenters. The number of carbonyl (C=O) groups is 3. The molecule has 0 fully saturated rings. The minimum absolute atomic E-state index is 0.210. The van der Waals surface area contributed by atoms with Crippen LogP contribution in [0.1, 0.15) is 27.3 Å². The van der Waals surface area contributed by atoms with Gasteiger partial charge in [-0.1, -0.05) is 35.9 Å². The van der Waals surface area contributed by atoms with Gasteiger partial charge in [0.05, 0.1) is 17.9 Å². The van der Waals surface area contributed by atoms with Gasteiger partial charge in [0.15, 0.2) is 6.61 Å². The molecule has 28 heavy (non-hydrogen) atoms. The highest BCUT2D eigenvalue weighted by Gasteiger charge is 2.21. The topological polar surface area (TPSA) is 102 Å². The average Bonchev–Trinajstić information content (AvgIpc) is 2.93. The molecule has 9 heteroatoms. The van der Waals surface area contributed by atoms with Crippen molar-refractivity contribution in [3.63, 3.8) is 0 Å². The predicted molar refractivity (Wildman–Crippen MR) is 104 cm³/mol. The first-order chi connectivity index (χ1) is 13.3. The fraction of sp³-hybridized carbons (Fsp3) is 0.263. The monoisotopic (exact) mass is 404 g/mol. The van der Waals surface area contributed by atoms with Gasteiger partial charge in [0.25, 0.3) is 5.91 Å². The Morgan fingerprint density at radius 1 is 1.29 bits per heavy atom. The quantitative estimate of drug-likeness (QED) is 0.544. The van der Waals surface area contributed by atoms with Crippen molar-refractivity contribution in [3.8, 4) is 0 Å². The number of urea groups is 1. The van der Waals surface area contributed by atoms with Crippen molar-refractivity contribution in [3.05, 3.63) is 64.5 Å². The van der Waals surface area contributed by atoms with Crippen molar-refractivity contribution in [1.82, 2.24) is 20.4 Å². The zero-order valence-electron chi connectivity index (χ0n) is 15.6. The number of nitrogens with one attached hydrogen (secondary N) is 2. The largest absolute Gasteiger partial charge is 0.452 e. The molecule has 1 aromatic heterocycles. The van der Waals surface area contributed by atoms with Crippen LogP contribution in [0.5, 0.6) is 0 Å². The molecule has 0 unspecified atom stereocenters. The van der Waals surface area contributed by atoms with Gasteiger partial charge < -0.3 is 10.1 Å². The van der Waals surface area contributed by atoms with E-state index in [0.29, 0.717) is 23.0 Å². The first kappa shape index (κ1) is 21.2. The molecule has 8 nitrogen and oxygen atoms in total. The molecule has 0 aliphatic carbocycles. The second-order valence-corrected chi connectivity index (χ2v) is 6.33. The second kappa shape index (κ2) is 9.70. The Balaban J connectivity index is 2.01. The molecule has 1 heterocycles. The summed E-state index contributed by atoms with van der Waals surface area (Å²) in [6, 6.07) is 6.66. The van der Waals surface area contributed by atoms with E-state index in [1.54, 1.807) is 24.6 Å². The van der Waals surface area contributed by atoms with Crippen LogP contribution in [-0.2, 0) is 16.1 Å². The second-order valence-electron chi connectivity index (χ2n) is 5.92. The molecule has 0 saturated heterocycles. The molecule has 0 radical (unpaired) electrons. The van der Waals surface area contributed by atoms with Gasteiger partial charge in [-0.2, -0.15) is 5.10 Å². The number of aryl methyl sites for hydroxylation is 1. The number of halogens is 1. The molecular formula is C19H21ClN4O4. The predicted octanol–water partition coefficient (Wildman–Crippen LogP) is 2.37. The number of benzene rings is 1. The Labute approximate surface area is 167 Å². The van der Waals surface area contributed by atoms with Crippen molar-refractivity contribution in [2.75, 3.05) is 13.2 Å². The number of hydrogen-bond acceptors (Lipinski definition) is 5. The highest BCUT2D eigenvalue weighted by Crippen LogP contribution is 2.20. The van der Waals surface area contributed by atoms with Crippen LogP contribution in [0.15, 0.2) is 36.9 Å². The summed E-state index contributed by atoms with van der Waals surface area (Å²) in [4.78, 5) is 35.5. The van der Waals surface area contributed by atoms with Crippen molar-refractivity contribution in [2.45, 2.75) is 20.4 Å². The third-order valence-electron chi connectivity index (χ3n) is 3.86. The lowest BCUT2D eigenvalue weighted by atomic mass is 10.2. The van der Waals surface area contributed by atoms with Crippen LogP contribution >= 0.6 is 11.6 Å². The fourth-order valence-electron chi connectivity index (χ4n) is 2.51. The van der Waals surface area contributed by atoms with Crippen molar-refractivity contribution < 1.29 is 19.1 Å². The van der Waals surface area contributed by atoms with E-state index in [-0.39, 0.29) is 12.1 Å². The van der Waals surface area contributed by atoms with Crippen LogP contribution < -0.4 is 10.6 Å². The van der Waals surface area contributed by atoms with E-state index in [2.05, 4.69) is 17.0 Å². The summed E-state index contributed by atoms with van der Waals surface area (Å²) in [6.45, 7) is 6.87. The Kier molecular flexibility index (Phi) is 7.34. The number of amides is 3. The third-order valence-corrected chi connectivity index (χ3v) is 4.23. The van der Waals surface area contributed by atoms with Crippen LogP contribution in [0.2, 0.25) is 5.02 Å². The molecule has 148 valence electrons. The summed E-state index contributed by atoms with van der Waals surface area (Å²) in [6.07, 6.45) is 1.47. The Morgan fingerprint density at radius 3 is 2.68 bits per heavy atom. The lowest BCUT2D eigenvalue weighted by molar-refractivity contribution is -0.123. The number of imide groups is 1. The van der Waals surface area contributed by atoms with E-state index >= 15 is 0 Å². The van der Waals surface area contributed by atoms with Crippen molar-refractivity contribution >= 4 is 29.5 Å². The maximum atomic E-state index is 12.4. The van der Waals surface area contributed by atoms with E-state index in [1.165, 1.54) is 6.08 Å².